The van der Waals surface area contributed by atoms with Gasteiger partial charge in [0, 0.05) is 5.69 Å². The summed E-state index contributed by atoms with van der Waals surface area (Å²) in [5.74, 6) is 0.676. The Bertz CT molecular complexity index is 863. The van der Waals surface area contributed by atoms with Crippen molar-refractivity contribution in [2.75, 3.05) is 12.4 Å². The van der Waals surface area contributed by atoms with Gasteiger partial charge in [-0.2, -0.15) is 0 Å². The van der Waals surface area contributed by atoms with Crippen LogP contribution in [-0.2, 0) is 11.3 Å². The SMILES string of the molecule is CC(C(=O)Nc1ccc2[nH]c(=O)[nH]c2c1)N(C)Cc1ccco1. The molecule has 0 fully saturated rings. The molecule has 0 saturated heterocycles. The molecule has 2 aromatic heterocycles. The number of fused-ring (bicyclic) bond motifs is 1. The predicted octanol–water partition coefficient (Wildman–Crippen LogP) is 1.91. The van der Waals surface area contributed by atoms with Crippen molar-refractivity contribution in [3.63, 3.8) is 0 Å². The van der Waals surface area contributed by atoms with Crippen molar-refractivity contribution < 1.29 is 9.21 Å². The molecule has 0 bridgehead atoms. The number of furan rings is 1. The number of anilines is 1. The van der Waals surface area contributed by atoms with Gasteiger partial charge in [0.25, 0.3) is 0 Å². The van der Waals surface area contributed by atoms with Crippen molar-refractivity contribution in [3.8, 4) is 0 Å². The molecule has 1 aromatic carbocycles. The van der Waals surface area contributed by atoms with Crippen molar-refractivity contribution in [3.05, 3.63) is 52.8 Å². The second-order valence-corrected chi connectivity index (χ2v) is 5.50. The number of nitrogens with one attached hydrogen (secondary N) is 3. The molecular formula is C16H18N4O3. The highest BCUT2D eigenvalue weighted by atomic mass is 16.3. The molecular weight excluding hydrogens is 296 g/mol. The molecule has 23 heavy (non-hydrogen) atoms. The Labute approximate surface area is 132 Å². The fourth-order valence-electron chi connectivity index (χ4n) is 2.34. The number of H-pyrrole nitrogens is 2. The fraction of sp³-hybridized carbons (Fsp3) is 0.250. The molecule has 3 N–H and O–H groups in total. The molecule has 0 spiro atoms. The zero-order chi connectivity index (χ0) is 16.4. The first-order valence-corrected chi connectivity index (χ1v) is 7.28. The van der Waals surface area contributed by atoms with Crippen LogP contribution in [0.25, 0.3) is 11.0 Å². The van der Waals surface area contributed by atoms with Gasteiger partial charge in [0.2, 0.25) is 5.91 Å². The quantitative estimate of drug-likeness (QED) is 0.670. The molecule has 0 aliphatic rings. The average Bonchev–Trinajstić information content (AvgIpc) is 3.14. The van der Waals surface area contributed by atoms with Gasteiger partial charge in [-0.25, -0.2) is 4.79 Å². The molecule has 3 aromatic rings. The van der Waals surface area contributed by atoms with E-state index in [0.29, 0.717) is 23.3 Å². The number of hydrogen-bond acceptors (Lipinski definition) is 4. The van der Waals surface area contributed by atoms with E-state index >= 15 is 0 Å². The van der Waals surface area contributed by atoms with E-state index in [2.05, 4.69) is 15.3 Å². The Morgan fingerprint density at radius 2 is 2.09 bits per heavy atom. The largest absolute Gasteiger partial charge is 0.468 e. The summed E-state index contributed by atoms with van der Waals surface area (Å²) in [6, 6.07) is 8.59. The van der Waals surface area contributed by atoms with Crippen molar-refractivity contribution in [1.82, 2.24) is 14.9 Å². The van der Waals surface area contributed by atoms with Gasteiger partial charge in [-0.05, 0) is 44.3 Å². The van der Waals surface area contributed by atoms with Crippen molar-refractivity contribution >= 4 is 22.6 Å². The molecule has 1 atom stereocenters. The summed E-state index contributed by atoms with van der Waals surface area (Å²) in [6.07, 6.45) is 1.61. The lowest BCUT2D eigenvalue weighted by molar-refractivity contribution is -0.120. The van der Waals surface area contributed by atoms with Crippen molar-refractivity contribution in [2.45, 2.75) is 19.5 Å². The first-order valence-electron chi connectivity index (χ1n) is 7.28. The molecule has 120 valence electrons. The van der Waals surface area contributed by atoms with E-state index in [0.717, 1.165) is 5.76 Å². The molecule has 1 amide bonds. The number of likely N-dealkylation sites (N-methyl/N-ethyl adjacent to an activating group) is 1. The van der Waals surface area contributed by atoms with Gasteiger partial charge < -0.3 is 19.7 Å². The maximum absolute atomic E-state index is 12.4. The van der Waals surface area contributed by atoms with E-state index in [1.807, 2.05) is 31.0 Å². The summed E-state index contributed by atoms with van der Waals surface area (Å²) >= 11 is 0. The molecule has 0 radical (unpaired) electrons. The van der Waals surface area contributed by atoms with Gasteiger partial charge in [0.15, 0.2) is 0 Å². The van der Waals surface area contributed by atoms with Gasteiger partial charge in [-0.1, -0.05) is 0 Å². The Morgan fingerprint density at radius 1 is 1.30 bits per heavy atom. The van der Waals surface area contributed by atoms with Gasteiger partial charge in [0.05, 0.1) is 29.9 Å². The molecule has 0 aliphatic carbocycles. The lowest BCUT2D eigenvalue weighted by atomic mass is 10.2. The minimum Gasteiger partial charge on any atom is -0.468 e. The Kier molecular flexibility index (Phi) is 4.03. The minimum absolute atomic E-state index is 0.128. The summed E-state index contributed by atoms with van der Waals surface area (Å²) in [5, 5.41) is 2.86. The average molecular weight is 314 g/mol. The topological polar surface area (TPSA) is 94.1 Å². The number of aromatic amines is 2. The van der Waals surface area contributed by atoms with Gasteiger partial charge in [-0.15, -0.1) is 0 Å². The highest BCUT2D eigenvalue weighted by Crippen LogP contribution is 2.15. The Morgan fingerprint density at radius 3 is 2.83 bits per heavy atom. The number of aromatic nitrogens is 2. The third kappa shape index (κ3) is 3.35. The van der Waals surface area contributed by atoms with E-state index in [9.17, 15) is 9.59 Å². The molecule has 7 nitrogen and oxygen atoms in total. The summed E-state index contributed by atoms with van der Waals surface area (Å²) in [6.45, 7) is 2.38. The predicted molar refractivity (Wildman–Crippen MR) is 87.2 cm³/mol. The van der Waals surface area contributed by atoms with E-state index in [1.165, 1.54) is 0 Å². The van der Waals surface area contributed by atoms with E-state index in [4.69, 9.17) is 4.42 Å². The van der Waals surface area contributed by atoms with Crippen LogP contribution < -0.4 is 11.0 Å². The molecule has 1 unspecified atom stereocenters. The number of carbonyl (C=O) groups is 1. The van der Waals surface area contributed by atoms with Crippen LogP contribution >= 0.6 is 0 Å². The van der Waals surface area contributed by atoms with Crippen LogP contribution in [0.15, 0.2) is 45.8 Å². The smallest absolute Gasteiger partial charge is 0.323 e. The van der Waals surface area contributed by atoms with E-state index in [-0.39, 0.29) is 17.6 Å². The zero-order valence-electron chi connectivity index (χ0n) is 12.9. The lowest BCUT2D eigenvalue weighted by Gasteiger charge is -2.22. The van der Waals surface area contributed by atoms with Crippen LogP contribution in [0, 0.1) is 0 Å². The Hall–Kier alpha value is -2.80. The number of carbonyl (C=O) groups excluding carboxylic acids is 1. The van der Waals surface area contributed by atoms with Crippen LogP contribution in [0.5, 0.6) is 0 Å². The number of rotatable bonds is 5. The van der Waals surface area contributed by atoms with Crippen molar-refractivity contribution in [1.29, 1.82) is 0 Å². The monoisotopic (exact) mass is 314 g/mol. The third-order valence-electron chi connectivity index (χ3n) is 3.81. The van der Waals surface area contributed by atoms with Crippen LogP contribution in [-0.4, -0.2) is 33.9 Å². The number of imidazole rings is 1. The normalized spacial score (nSPS) is 12.7. The van der Waals surface area contributed by atoms with Crippen LogP contribution in [0.2, 0.25) is 0 Å². The summed E-state index contributed by atoms with van der Waals surface area (Å²) in [5.41, 5.74) is 1.73. The molecule has 3 rings (SSSR count). The molecule has 7 heteroatoms. The second-order valence-electron chi connectivity index (χ2n) is 5.50. The number of benzene rings is 1. The first kappa shape index (κ1) is 15.1. The fourth-order valence-corrected chi connectivity index (χ4v) is 2.34. The standard InChI is InChI=1S/C16H18N4O3/c1-10(20(2)9-12-4-3-7-23-12)15(21)17-11-5-6-13-14(8-11)19-16(22)18-13/h3-8,10H,9H2,1-2H3,(H,17,21)(H2,18,19,22). The van der Waals surface area contributed by atoms with Gasteiger partial charge in [0.1, 0.15) is 5.76 Å². The third-order valence-corrected chi connectivity index (χ3v) is 3.81. The Balaban J connectivity index is 1.67. The van der Waals surface area contributed by atoms with Gasteiger partial charge >= 0.3 is 5.69 Å². The van der Waals surface area contributed by atoms with Crippen LogP contribution in [0.4, 0.5) is 5.69 Å². The van der Waals surface area contributed by atoms with Crippen LogP contribution in [0.3, 0.4) is 0 Å². The van der Waals surface area contributed by atoms with Crippen LogP contribution in [0.1, 0.15) is 12.7 Å². The summed E-state index contributed by atoms with van der Waals surface area (Å²) in [4.78, 5) is 30.8. The second kappa shape index (κ2) is 6.13. The number of nitrogens with zero attached hydrogens (tertiary/aromatic N) is 1. The molecule has 0 saturated carbocycles. The van der Waals surface area contributed by atoms with E-state index in [1.54, 1.807) is 24.5 Å². The number of amides is 1. The highest BCUT2D eigenvalue weighted by Gasteiger charge is 2.19. The maximum atomic E-state index is 12.4. The van der Waals surface area contributed by atoms with E-state index < -0.39 is 0 Å². The first-order chi connectivity index (χ1) is 11.0. The van der Waals surface area contributed by atoms with Gasteiger partial charge in [-0.3, -0.25) is 9.69 Å². The summed E-state index contributed by atoms with van der Waals surface area (Å²) in [7, 11) is 1.86. The summed E-state index contributed by atoms with van der Waals surface area (Å²) < 4.78 is 5.29. The maximum Gasteiger partial charge on any atom is 0.323 e. The number of hydrogen-bond donors (Lipinski definition) is 3. The zero-order valence-corrected chi connectivity index (χ0v) is 12.9. The molecule has 0 aliphatic heterocycles. The molecule has 2 heterocycles. The highest BCUT2D eigenvalue weighted by molar-refractivity contribution is 5.96. The van der Waals surface area contributed by atoms with Crippen molar-refractivity contribution in [2.24, 2.45) is 0 Å². The minimum atomic E-state index is -0.332. The lowest BCUT2D eigenvalue weighted by Crippen LogP contribution is -2.39.